The van der Waals surface area contributed by atoms with E-state index in [1.54, 1.807) is 0 Å². The first-order valence-electron chi connectivity index (χ1n) is 1.56. The van der Waals surface area contributed by atoms with Crippen LogP contribution in [0.1, 0.15) is 0 Å². The van der Waals surface area contributed by atoms with Crippen LogP contribution in [0.3, 0.4) is 0 Å². The second-order valence-electron chi connectivity index (χ2n) is 0.968. The number of thiol groups is 1. The molecule has 2 nitrogen and oxygen atoms in total. The summed E-state index contributed by atoms with van der Waals surface area (Å²) in [5.74, 6) is 0. The third-order valence-corrected chi connectivity index (χ3v) is 0.694. The Balaban J connectivity index is 2.45. The summed E-state index contributed by atoms with van der Waals surface area (Å²) in [5, 5.41) is 0. The Hall–Kier alpha value is -0.150. The predicted octanol–water partition coefficient (Wildman–Crippen LogP) is 0.719. The van der Waals surface area contributed by atoms with E-state index in [1.807, 2.05) is 0 Å². The van der Waals surface area contributed by atoms with E-state index in [9.17, 15) is 0 Å². The molecular formula is C3H4O2S. The summed E-state index contributed by atoms with van der Waals surface area (Å²) in [6.07, 6.45) is 1.46. The van der Waals surface area contributed by atoms with Crippen LogP contribution in [0.4, 0.5) is 0 Å². The zero-order valence-electron chi connectivity index (χ0n) is 3.05. The van der Waals surface area contributed by atoms with Crippen molar-refractivity contribution in [3.63, 3.8) is 0 Å². The van der Waals surface area contributed by atoms with Gasteiger partial charge in [-0.2, -0.15) is 4.89 Å². The topological polar surface area (TPSA) is 18.5 Å². The van der Waals surface area contributed by atoms with E-state index in [0.717, 1.165) is 4.91 Å². The van der Waals surface area contributed by atoms with Crippen molar-refractivity contribution in [3.8, 4) is 0 Å². The minimum atomic E-state index is 0.489. The van der Waals surface area contributed by atoms with Gasteiger partial charge in [0.25, 0.3) is 0 Å². The first-order chi connectivity index (χ1) is 2.89. The molecule has 0 amide bonds. The van der Waals surface area contributed by atoms with E-state index in [4.69, 9.17) is 0 Å². The molecule has 3 heteroatoms. The Labute approximate surface area is 41.1 Å². The molecule has 1 heterocycles. The van der Waals surface area contributed by atoms with Gasteiger partial charge in [0.05, 0.1) is 4.91 Å². The normalized spacial score (nSPS) is 19.8. The van der Waals surface area contributed by atoms with Gasteiger partial charge in [0.2, 0.25) is 0 Å². The minimum absolute atomic E-state index is 0.489. The maximum atomic E-state index is 4.39. The molecule has 0 unspecified atom stereocenters. The lowest BCUT2D eigenvalue weighted by atomic mass is 10.7. The molecule has 0 radical (unpaired) electrons. The average Bonchev–Trinajstić information content (AvgIpc) is 1.86. The highest BCUT2D eigenvalue weighted by molar-refractivity contribution is 7.84. The van der Waals surface area contributed by atoms with Crippen LogP contribution in [0.5, 0.6) is 0 Å². The van der Waals surface area contributed by atoms with E-state index in [2.05, 4.69) is 22.4 Å². The van der Waals surface area contributed by atoms with Gasteiger partial charge in [-0.05, 0) is 0 Å². The lowest BCUT2D eigenvalue weighted by Crippen LogP contribution is -1.77. The van der Waals surface area contributed by atoms with Crippen LogP contribution < -0.4 is 0 Å². The highest BCUT2D eigenvalue weighted by Gasteiger charge is 1.98. The fourth-order valence-corrected chi connectivity index (χ4v) is 0.314. The number of rotatable bonds is 0. The molecule has 0 aliphatic carbocycles. The summed E-state index contributed by atoms with van der Waals surface area (Å²) < 4.78 is 0. The van der Waals surface area contributed by atoms with Crippen molar-refractivity contribution in [2.45, 2.75) is 0 Å². The Morgan fingerprint density at radius 1 is 1.83 bits per heavy atom. The number of hydrogen-bond acceptors (Lipinski definition) is 3. The number of hydrogen-bond donors (Lipinski definition) is 1. The lowest BCUT2D eigenvalue weighted by Gasteiger charge is -1.81. The molecule has 6 heavy (non-hydrogen) atoms. The standard InChI is InChI=1S/C3H4O2S/c6-3-1-4-5-2-3/h1,6H,2H2. The molecule has 0 fully saturated rings. The second-order valence-corrected chi connectivity index (χ2v) is 1.54. The molecule has 1 rings (SSSR count). The van der Waals surface area contributed by atoms with Crippen molar-refractivity contribution in [3.05, 3.63) is 11.2 Å². The Kier molecular flexibility index (Phi) is 1.03. The molecule has 1 aliphatic rings. The molecule has 0 N–H and O–H groups in total. The average molecular weight is 104 g/mol. The van der Waals surface area contributed by atoms with E-state index < -0.39 is 0 Å². The van der Waals surface area contributed by atoms with Crippen LogP contribution in [0.25, 0.3) is 0 Å². The molecule has 0 spiro atoms. The molecule has 0 aromatic carbocycles. The smallest absolute Gasteiger partial charge is 0.141 e. The summed E-state index contributed by atoms with van der Waals surface area (Å²) >= 11 is 3.90. The highest BCUT2D eigenvalue weighted by Crippen LogP contribution is 2.07. The van der Waals surface area contributed by atoms with E-state index in [1.165, 1.54) is 6.26 Å². The fourth-order valence-electron chi connectivity index (χ4n) is 0.218. The monoisotopic (exact) mass is 104 g/mol. The van der Waals surface area contributed by atoms with Gasteiger partial charge < -0.3 is 4.89 Å². The Morgan fingerprint density at radius 2 is 2.67 bits per heavy atom. The van der Waals surface area contributed by atoms with Crippen molar-refractivity contribution in [1.82, 2.24) is 0 Å². The van der Waals surface area contributed by atoms with E-state index >= 15 is 0 Å². The SMILES string of the molecule is SC1=COOC1. The summed E-state index contributed by atoms with van der Waals surface area (Å²) in [6, 6.07) is 0. The first kappa shape index (κ1) is 4.02. The summed E-state index contributed by atoms with van der Waals surface area (Å²) in [6.45, 7) is 0.489. The van der Waals surface area contributed by atoms with Crippen molar-refractivity contribution < 1.29 is 9.78 Å². The summed E-state index contributed by atoms with van der Waals surface area (Å²) in [7, 11) is 0. The van der Waals surface area contributed by atoms with Crippen molar-refractivity contribution in [2.24, 2.45) is 0 Å². The highest BCUT2D eigenvalue weighted by atomic mass is 32.1. The zero-order chi connectivity index (χ0) is 4.41. The van der Waals surface area contributed by atoms with Crippen LogP contribution in [0, 0.1) is 0 Å². The van der Waals surface area contributed by atoms with Gasteiger partial charge in [-0.25, -0.2) is 0 Å². The maximum absolute atomic E-state index is 4.39. The predicted molar refractivity (Wildman–Crippen MR) is 24.1 cm³/mol. The largest absolute Gasteiger partial charge is 0.344 e. The second kappa shape index (κ2) is 1.53. The van der Waals surface area contributed by atoms with E-state index in [0.29, 0.717) is 6.61 Å². The van der Waals surface area contributed by atoms with Crippen molar-refractivity contribution >= 4 is 12.6 Å². The van der Waals surface area contributed by atoms with Gasteiger partial charge in [-0.15, -0.1) is 12.6 Å². The van der Waals surface area contributed by atoms with Gasteiger partial charge in [-0.1, -0.05) is 0 Å². The molecule has 0 aromatic rings. The lowest BCUT2D eigenvalue weighted by molar-refractivity contribution is -0.221. The van der Waals surface area contributed by atoms with Gasteiger partial charge in [0, 0.05) is 0 Å². The molecule has 1 aliphatic heterocycles. The minimum Gasteiger partial charge on any atom is -0.344 e. The van der Waals surface area contributed by atoms with Gasteiger partial charge in [0.1, 0.15) is 12.9 Å². The maximum Gasteiger partial charge on any atom is 0.141 e. The third kappa shape index (κ3) is 0.666. The molecule has 0 bridgehead atoms. The first-order valence-corrected chi connectivity index (χ1v) is 2.00. The van der Waals surface area contributed by atoms with Crippen LogP contribution in [-0.2, 0) is 9.78 Å². The Morgan fingerprint density at radius 3 is 2.83 bits per heavy atom. The fraction of sp³-hybridized carbons (Fsp3) is 0.333. The third-order valence-electron chi connectivity index (χ3n) is 0.459. The van der Waals surface area contributed by atoms with Crippen LogP contribution >= 0.6 is 12.6 Å². The molecule has 0 atom stereocenters. The van der Waals surface area contributed by atoms with Crippen LogP contribution in [0.2, 0.25) is 0 Å². The quantitative estimate of drug-likeness (QED) is 0.360. The van der Waals surface area contributed by atoms with Crippen LogP contribution in [-0.4, -0.2) is 6.61 Å². The van der Waals surface area contributed by atoms with Gasteiger partial charge in [-0.3, -0.25) is 0 Å². The summed E-state index contributed by atoms with van der Waals surface area (Å²) in [4.78, 5) is 9.53. The molecule has 0 saturated carbocycles. The van der Waals surface area contributed by atoms with Crippen molar-refractivity contribution in [2.75, 3.05) is 6.61 Å². The van der Waals surface area contributed by atoms with Crippen LogP contribution in [0.15, 0.2) is 11.2 Å². The molecule has 0 saturated heterocycles. The van der Waals surface area contributed by atoms with Gasteiger partial charge in [0.15, 0.2) is 0 Å². The van der Waals surface area contributed by atoms with Crippen molar-refractivity contribution in [1.29, 1.82) is 0 Å². The van der Waals surface area contributed by atoms with E-state index in [-0.39, 0.29) is 0 Å². The molecule has 0 aromatic heterocycles. The molecular weight excluding hydrogens is 100 g/mol. The molecule has 34 valence electrons. The van der Waals surface area contributed by atoms with Gasteiger partial charge >= 0.3 is 0 Å². The zero-order valence-corrected chi connectivity index (χ0v) is 3.94. The summed E-state index contributed by atoms with van der Waals surface area (Å²) in [5.41, 5.74) is 0. The Bertz CT molecular complexity index is 78.9.